The standard InChI is InChI=1S/C27H29F3N4O5S2/c1-41(37,38)20-7-8-23(25(15-20)39-16-26(31)35)32-11-3-4-19-14-21-22(33-18-9-12-40(36)13-10-18)5-2-6-24(21)34(19)17-27(28,29)30/h2,5-8,14-15,18,32-33H,9-13,16-17H2,1H3,(H2,31,35). The van der Waals surface area contributed by atoms with Gasteiger partial charge in [-0.1, -0.05) is 12.0 Å². The van der Waals surface area contributed by atoms with E-state index in [0.717, 1.165) is 10.8 Å². The smallest absolute Gasteiger partial charge is 0.406 e. The van der Waals surface area contributed by atoms with Gasteiger partial charge in [0.1, 0.15) is 12.3 Å². The van der Waals surface area contributed by atoms with E-state index in [9.17, 15) is 30.6 Å². The number of anilines is 2. The summed E-state index contributed by atoms with van der Waals surface area (Å²) in [5.74, 6) is 6.08. The van der Waals surface area contributed by atoms with Gasteiger partial charge in [0.05, 0.1) is 28.3 Å². The van der Waals surface area contributed by atoms with E-state index in [2.05, 4.69) is 22.5 Å². The Morgan fingerprint density at radius 1 is 1.17 bits per heavy atom. The van der Waals surface area contributed by atoms with Crippen molar-refractivity contribution < 1.29 is 35.3 Å². The monoisotopic (exact) mass is 610 g/mol. The van der Waals surface area contributed by atoms with E-state index in [1.807, 2.05) is 0 Å². The summed E-state index contributed by atoms with van der Waals surface area (Å²) in [4.78, 5) is 11.1. The van der Waals surface area contributed by atoms with Crippen LogP contribution in [0.4, 0.5) is 24.5 Å². The Kier molecular flexibility index (Phi) is 9.18. The minimum atomic E-state index is -4.48. The highest BCUT2D eigenvalue weighted by Crippen LogP contribution is 2.32. The lowest BCUT2D eigenvalue weighted by Gasteiger charge is -2.24. The summed E-state index contributed by atoms with van der Waals surface area (Å²) in [5.41, 5.74) is 6.68. The van der Waals surface area contributed by atoms with Gasteiger partial charge in [0.15, 0.2) is 16.4 Å². The quantitative estimate of drug-likeness (QED) is 0.317. The summed E-state index contributed by atoms with van der Waals surface area (Å²) in [6.45, 7) is -1.74. The molecule has 0 saturated carbocycles. The number of primary amides is 1. The minimum Gasteiger partial charge on any atom is -0.482 e. The molecule has 0 bridgehead atoms. The molecule has 0 aliphatic carbocycles. The Labute approximate surface area is 238 Å². The van der Waals surface area contributed by atoms with Gasteiger partial charge in [0.2, 0.25) is 0 Å². The van der Waals surface area contributed by atoms with E-state index in [-0.39, 0.29) is 28.9 Å². The summed E-state index contributed by atoms with van der Waals surface area (Å²) in [5, 5.41) is 6.94. The molecule has 1 aliphatic rings. The van der Waals surface area contributed by atoms with Crippen LogP contribution in [0.5, 0.6) is 5.75 Å². The van der Waals surface area contributed by atoms with Crippen molar-refractivity contribution >= 4 is 48.8 Å². The third-order valence-electron chi connectivity index (χ3n) is 6.37. The molecule has 2 aromatic carbocycles. The molecule has 9 nitrogen and oxygen atoms in total. The highest BCUT2D eigenvalue weighted by atomic mass is 32.2. The van der Waals surface area contributed by atoms with Gasteiger partial charge in [-0.05, 0) is 49.1 Å². The topological polar surface area (TPSA) is 133 Å². The van der Waals surface area contributed by atoms with Gasteiger partial charge in [-0.25, -0.2) is 8.42 Å². The van der Waals surface area contributed by atoms with E-state index in [0.29, 0.717) is 46.6 Å². The van der Waals surface area contributed by atoms with Gasteiger partial charge in [-0.3, -0.25) is 9.00 Å². The Hall–Kier alpha value is -3.70. The van der Waals surface area contributed by atoms with Gasteiger partial charge in [0, 0.05) is 51.7 Å². The molecule has 1 aliphatic heterocycles. The molecule has 14 heteroatoms. The van der Waals surface area contributed by atoms with Crippen molar-refractivity contribution in [1.82, 2.24) is 4.57 Å². The predicted octanol–water partition coefficient (Wildman–Crippen LogP) is 3.26. The van der Waals surface area contributed by atoms with Gasteiger partial charge in [0.25, 0.3) is 5.91 Å². The Balaban J connectivity index is 1.60. The third-order valence-corrected chi connectivity index (χ3v) is 8.86. The van der Waals surface area contributed by atoms with Crippen LogP contribution in [0.2, 0.25) is 0 Å². The fraction of sp³-hybridized carbons (Fsp3) is 0.370. The maximum absolute atomic E-state index is 13.5. The number of amides is 1. The maximum Gasteiger partial charge on any atom is 0.406 e. The number of nitrogens with one attached hydrogen (secondary N) is 2. The molecular formula is C27H29F3N4O5S2. The second-order valence-corrected chi connectivity index (χ2v) is 13.3. The molecule has 3 aromatic rings. The van der Waals surface area contributed by atoms with Crippen LogP contribution in [0.1, 0.15) is 18.5 Å². The van der Waals surface area contributed by atoms with E-state index in [4.69, 9.17) is 10.5 Å². The lowest BCUT2D eigenvalue weighted by atomic mass is 10.1. The largest absolute Gasteiger partial charge is 0.482 e. The molecule has 220 valence electrons. The molecule has 0 atom stereocenters. The van der Waals surface area contributed by atoms with E-state index < -0.39 is 45.9 Å². The number of aromatic nitrogens is 1. The Morgan fingerprint density at radius 3 is 2.56 bits per heavy atom. The normalized spacial score (nSPS) is 17.5. The van der Waals surface area contributed by atoms with Crippen molar-refractivity contribution in [2.45, 2.75) is 36.5 Å². The van der Waals surface area contributed by atoms with E-state index >= 15 is 0 Å². The van der Waals surface area contributed by atoms with Crippen LogP contribution in [0.25, 0.3) is 10.9 Å². The Bertz CT molecular complexity index is 1630. The number of sulfone groups is 1. The summed E-state index contributed by atoms with van der Waals surface area (Å²) in [6, 6.07) is 10.8. The number of carbonyl (C=O) groups is 1. The van der Waals surface area contributed by atoms with Gasteiger partial charge in [-0.2, -0.15) is 13.2 Å². The van der Waals surface area contributed by atoms with Gasteiger partial charge >= 0.3 is 6.18 Å². The number of halogens is 3. The van der Waals surface area contributed by atoms with Crippen LogP contribution in [0.3, 0.4) is 0 Å². The van der Waals surface area contributed by atoms with E-state index in [1.165, 1.54) is 18.2 Å². The van der Waals surface area contributed by atoms with Crippen LogP contribution in [0, 0.1) is 11.8 Å². The number of nitrogens with two attached hydrogens (primary N) is 1. The molecule has 4 N–H and O–H groups in total. The number of alkyl halides is 3. The molecule has 41 heavy (non-hydrogen) atoms. The first-order valence-corrected chi connectivity index (χ1v) is 16.0. The maximum atomic E-state index is 13.5. The number of rotatable bonds is 9. The molecule has 0 spiro atoms. The number of fused-ring (bicyclic) bond motifs is 1. The van der Waals surface area contributed by atoms with Crippen LogP contribution >= 0.6 is 0 Å². The number of ether oxygens (including phenoxy) is 1. The van der Waals surface area contributed by atoms with E-state index in [1.54, 1.807) is 24.3 Å². The van der Waals surface area contributed by atoms with Gasteiger partial charge in [-0.15, -0.1) is 0 Å². The van der Waals surface area contributed by atoms with Crippen molar-refractivity contribution in [2.75, 3.05) is 41.5 Å². The summed E-state index contributed by atoms with van der Waals surface area (Å²) in [7, 11) is -4.39. The summed E-state index contributed by atoms with van der Waals surface area (Å²) < 4.78 is 82.6. The third kappa shape index (κ3) is 8.17. The fourth-order valence-corrected chi connectivity index (χ4v) is 6.38. The number of benzene rings is 2. The van der Waals surface area contributed by atoms with Crippen LogP contribution in [-0.2, 0) is 32.0 Å². The van der Waals surface area contributed by atoms with Crippen molar-refractivity contribution in [2.24, 2.45) is 5.73 Å². The molecule has 4 rings (SSSR count). The first-order valence-electron chi connectivity index (χ1n) is 12.6. The predicted molar refractivity (Wildman–Crippen MR) is 152 cm³/mol. The first kappa shape index (κ1) is 30.3. The number of nitrogens with zero attached hydrogens (tertiary/aromatic N) is 1. The molecule has 1 fully saturated rings. The SMILES string of the molecule is CS(=O)(=O)c1ccc(NCC#Cc2cc3c(NC4CCS(=O)CC4)cccc3n2CC(F)(F)F)c(OCC(N)=O)c1. The van der Waals surface area contributed by atoms with Crippen molar-refractivity contribution in [3.05, 3.63) is 48.2 Å². The second-order valence-electron chi connectivity index (χ2n) is 9.58. The lowest BCUT2D eigenvalue weighted by molar-refractivity contribution is -0.140. The molecule has 2 heterocycles. The fourth-order valence-electron chi connectivity index (χ4n) is 4.44. The number of hydrogen-bond donors (Lipinski definition) is 3. The Morgan fingerprint density at radius 2 is 1.90 bits per heavy atom. The lowest BCUT2D eigenvalue weighted by Crippen LogP contribution is -2.29. The van der Waals surface area contributed by atoms with Crippen molar-refractivity contribution in [3.8, 4) is 17.6 Å². The first-order chi connectivity index (χ1) is 19.3. The highest BCUT2D eigenvalue weighted by molar-refractivity contribution is 7.90. The summed E-state index contributed by atoms with van der Waals surface area (Å²) >= 11 is 0. The van der Waals surface area contributed by atoms with Crippen LogP contribution in [0.15, 0.2) is 47.4 Å². The molecule has 0 radical (unpaired) electrons. The van der Waals surface area contributed by atoms with Gasteiger partial charge < -0.3 is 25.7 Å². The highest BCUT2D eigenvalue weighted by Gasteiger charge is 2.30. The van der Waals surface area contributed by atoms with Crippen LogP contribution in [-0.4, -0.2) is 66.2 Å². The average molecular weight is 611 g/mol. The van der Waals surface area contributed by atoms with Crippen molar-refractivity contribution in [1.29, 1.82) is 0 Å². The zero-order chi connectivity index (χ0) is 29.8. The minimum absolute atomic E-state index is 0.0248. The second kappa shape index (κ2) is 12.4. The molecule has 1 aromatic heterocycles. The molecule has 1 amide bonds. The zero-order valence-corrected chi connectivity index (χ0v) is 23.7. The molecule has 1 saturated heterocycles. The average Bonchev–Trinajstić information content (AvgIpc) is 3.23. The molecule has 0 unspecified atom stereocenters. The van der Waals surface area contributed by atoms with Crippen LogP contribution < -0.4 is 21.1 Å². The number of carbonyl (C=O) groups excluding carboxylic acids is 1. The van der Waals surface area contributed by atoms with Crippen molar-refractivity contribution in [3.63, 3.8) is 0 Å². The zero-order valence-electron chi connectivity index (χ0n) is 22.1. The number of hydrogen-bond acceptors (Lipinski definition) is 7. The summed E-state index contributed by atoms with van der Waals surface area (Å²) in [6.07, 6.45) is -2.04. The molecular weight excluding hydrogens is 581 g/mol.